The summed E-state index contributed by atoms with van der Waals surface area (Å²) in [7, 11) is 0. The molecule has 0 aliphatic heterocycles. The first kappa shape index (κ1) is 15.2. The standard InChI is InChI=1S/C16H21N3O2/c1-11(16(2,3)4)9-18-15-12-7-5-6-8-13(12)17-10-14(15)19(20)21/h5-8,10-11H,9H2,1-4H3,(H,17,18). The smallest absolute Gasteiger partial charge is 0.311 e. The van der Waals surface area contributed by atoms with Gasteiger partial charge in [0, 0.05) is 11.9 Å². The van der Waals surface area contributed by atoms with Gasteiger partial charge in [0.2, 0.25) is 0 Å². The molecule has 2 rings (SSSR count). The summed E-state index contributed by atoms with van der Waals surface area (Å²) in [6, 6.07) is 7.46. The van der Waals surface area contributed by atoms with Gasteiger partial charge in [0.25, 0.3) is 0 Å². The number of nitrogens with one attached hydrogen (secondary N) is 1. The summed E-state index contributed by atoms with van der Waals surface area (Å²) in [5, 5.41) is 15.3. The van der Waals surface area contributed by atoms with E-state index in [0.717, 1.165) is 10.9 Å². The van der Waals surface area contributed by atoms with E-state index >= 15 is 0 Å². The number of para-hydroxylation sites is 1. The van der Waals surface area contributed by atoms with Gasteiger partial charge in [-0.2, -0.15) is 0 Å². The lowest BCUT2D eigenvalue weighted by Gasteiger charge is -2.27. The third-order valence-corrected chi connectivity index (χ3v) is 4.02. The first-order chi connectivity index (χ1) is 9.80. The van der Waals surface area contributed by atoms with Crippen LogP contribution in [0.3, 0.4) is 0 Å². The molecule has 112 valence electrons. The second kappa shape index (κ2) is 5.68. The number of benzene rings is 1. The van der Waals surface area contributed by atoms with Crippen LogP contribution in [0.25, 0.3) is 10.9 Å². The predicted octanol–water partition coefficient (Wildman–Crippen LogP) is 4.24. The molecule has 0 spiro atoms. The third kappa shape index (κ3) is 3.29. The van der Waals surface area contributed by atoms with Gasteiger partial charge in [-0.05, 0) is 17.4 Å². The summed E-state index contributed by atoms with van der Waals surface area (Å²) >= 11 is 0. The molecule has 0 saturated carbocycles. The fourth-order valence-electron chi connectivity index (χ4n) is 2.02. The van der Waals surface area contributed by atoms with E-state index in [9.17, 15) is 10.1 Å². The molecule has 1 aromatic heterocycles. The number of nitrogens with zero attached hydrogens (tertiary/aromatic N) is 2. The Labute approximate surface area is 124 Å². The quantitative estimate of drug-likeness (QED) is 0.674. The van der Waals surface area contributed by atoms with Crippen molar-refractivity contribution in [1.29, 1.82) is 0 Å². The number of fused-ring (bicyclic) bond motifs is 1. The predicted molar refractivity (Wildman–Crippen MR) is 85.5 cm³/mol. The zero-order chi connectivity index (χ0) is 15.6. The van der Waals surface area contributed by atoms with E-state index in [0.29, 0.717) is 18.2 Å². The molecule has 0 aliphatic carbocycles. The number of hydrogen-bond donors (Lipinski definition) is 1. The molecule has 2 aromatic rings. The normalized spacial score (nSPS) is 13.1. The Morgan fingerprint density at radius 3 is 2.62 bits per heavy atom. The zero-order valence-corrected chi connectivity index (χ0v) is 12.9. The molecule has 1 atom stereocenters. The molecule has 0 aliphatic rings. The maximum Gasteiger partial charge on any atom is 0.311 e. The molecule has 1 unspecified atom stereocenters. The van der Waals surface area contributed by atoms with Gasteiger partial charge in [-0.1, -0.05) is 45.9 Å². The Morgan fingerprint density at radius 2 is 2.00 bits per heavy atom. The lowest BCUT2D eigenvalue weighted by Crippen LogP contribution is -2.25. The molecular weight excluding hydrogens is 266 g/mol. The first-order valence-electron chi connectivity index (χ1n) is 7.06. The molecule has 21 heavy (non-hydrogen) atoms. The molecule has 1 N–H and O–H groups in total. The fraction of sp³-hybridized carbons (Fsp3) is 0.438. The average molecular weight is 287 g/mol. The lowest BCUT2D eigenvalue weighted by molar-refractivity contribution is -0.384. The number of aromatic nitrogens is 1. The van der Waals surface area contributed by atoms with Crippen molar-refractivity contribution in [2.24, 2.45) is 11.3 Å². The van der Waals surface area contributed by atoms with Gasteiger partial charge < -0.3 is 5.32 Å². The number of hydrogen-bond acceptors (Lipinski definition) is 4. The zero-order valence-electron chi connectivity index (χ0n) is 12.9. The SMILES string of the molecule is CC(CNc1c([N+](=O)[O-])cnc2ccccc12)C(C)(C)C. The van der Waals surface area contributed by atoms with E-state index in [1.807, 2.05) is 24.3 Å². The Bertz CT molecular complexity index is 662. The van der Waals surface area contributed by atoms with Crippen molar-refractivity contribution in [3.63, 3.8) is 0 Å². The van der Waals surface area contributed by atoms with E-state index in [1.165, 1.54) is 6.20 Å². The first-order valence-corrected chi connectivity index (χ1v) is 7.06. The molecule has 5 heteroatoms. The average Bonchev–Trinajstić information content (AvgIpc) is 2.42. The molecule has 1 aromatic carbocycles. The van der Waals surface area contributed by atoms with E-state index in [4.69, 9.17) is 0 Å². The maximum absolute atomic E-state index is 11.2. The van der Waals surface area contributed by atoms with Crippen LogP contribution in [0.5, 0.6) is 0 Å². The number of rotatable bonds is 4. The molecule has 1 heterocycles. The number of pyridine rings is 1. The van der Waals surface area contributed by atoms with E-state index in [1.54, 1.807) is 0 Å². The van der Waals surface area contributed by atoms with Crippen LogP contribution in [0.2, 0.25) is 0 Å². The van der Waals surface area contributed by atoms with Crippen LogP contribution in [0, 0.1) is 21.4 Å². The van der Waals surface area contributed by atoms with Gasteiger partial charge in [-0.15, -0.1) is 0 Å². The Morgan fingerprint density at radius 1 is 1.33 bits per heavy atom. The minimum Gasteiger partial charge on any atom is -0.379 e. The van der Waals surface area contributed by atoms with Gasteiger partial charge in [-0.3, -0.25) is 10.1 Å². The highest BCUT2D eigenvalue weighted by atomic mass is 16.6. The summed E-state index contributed by atoms with van der Waals surface area (Å²) in [6.45, 7) is 9.32. The Balaban J connectivity index is 2.40. The summed E-state index contributed by atoms with van der Waals surface area (Å²) in [4.78, 5) is 15.0. The van der Waals surface area contributed by atoms with Gasteiger partial charge in [0.15, 0.2) is 0 Å². The summed E-state index contributed by atoms with van der Waals surface area (Å²) < 4.78 is 0. The van der Waals surface area contributed by atoms with Gasteiger partial charge >= 0.3 is 5.69 Å². The summed E-state index contributed by atoms with van der Waals surface area (Å²) in [6.07, 6.45) is 1.33. The minimum atomic E-state index is -0.385. The van der Waals surface area contributed by atoms with E-state index in [2.05, 4.69) is 38.0 Å². The van der Waals surface area contributed by atoms with Gasteiger partial charge in [-0.25, -0.2) is 4.98 Å². The molecule has 0 fully saturated rings. The highest BCUT2D eigenvalue weighted by Crippen LogP contribution is 2.33. The van der Waals surface area contributed by atoms with Crippen LogP contribution in [0.15, 0.2) is 30.5 Å². The maximum atomic E-state index is 11.2. The van der Waals surface area contributed by atoms with Crippen molar-refractivity contribution < 1.29 is 4.92 Å². The summed E-state index contributed by atoms with van der Waals surface area (Å²) in [5.41, 5.74) is 1.48. The number of nitro groups is 1. The Hall–Kier alpha value is -2.17. The molecular formula is C16H21N3O2. The van der Waals surface area contributed by atoms with Crippen molar-refractivity contribution in [3.8, 4) is 0 Å². The topological polar surface area (TPSA) is 68.1 Å². The van der Waals surface area contributed by atoms with Crippen LogP contribution < -0.4 is 5.32 Å². The van der Waals surface area contributed by atoms with Gasteiger partial charge in [0.05, 0.1) is 10.4 Å². The summed E-state index contributed by atoms with van der Waals surface area (Å²) in [5.74, 6) is 0.379. The van der Waals surface area contributed by atoms with Gasteiger partial charge in [0.1, 0.15) is 11.9 Å². The largest absolute Gasteiger partial charge is 0.379 e. The fourth-order valence-corrected chi connectivity index (χ4v) is 2.02. The third-order valence-electron chi connectivity index (χ3n) is 4.02. The van der Waals surface area contributed by atoms with Crippen molar-refractivity contribution >= 4 is 22.3 Å². The highest BCUT2D eigenvalue weighted by Gasteiger charge is 2.22. The highest BCUT2D eigenvalue weighted by molar-refractivity contribution is 5.95. The van der Waals surface area contributed by atoms with Crippen LogP contribution >= 0.6 is 0 Å². The van der Waals surface area contributed by atoms with E-state index < -0.39 is 0 Å². The van der Waals surface area contributed by atoms with Crippen LogP contribution in [-0.4, -0.2) is 16.5 Å². The van der Waals surface area contributed by atoms with Crippen molar-refractivity contribution in [2.45, 2.75) is 27.7 Å². The number of anilines is 1. The minimum absolute atomic E-state index is 0.0230. The second-order valence-corrected chi connectivity index (χ2v) is 6.44. The Kier molecular flexibility index (Phi) is 4.11. The molecule has 5 nitrogen and oxygen atoms in total. The molecule has 0 radical (unpaired) electrons. The molecule has 0 bridgehead atoms. The van der Waals surface area contributed by atoms with Crippen LogP contribution in [-0.2, 0) is 0 Å². The van der Waals surface area contributed by atoms with Crippen molar-refractivity contribution in [2.75, 3.05) is 11.9 Å². The van der Waals surface area contributed by atoms with Crippen LogP contribution in [0.4, 0.5) is 11.4 Å². The van der Waals surface area contributed by atoms with Crippen molar-refractivity contribution in [3.05, 3.63) is 40.6 Å². The van der Waals surface area contributed by atoms with E-state index in [-0.39, 0.29) is 16.0 Å². The van der Waals surface area contributed by atoms with Crippen LogP contribution in [0.1, 0.15) is 27.7 Å². The molecule has 0 saturated heterocycles. The second-order valence-electron chi connectivity index (χ2n) is 6.44. The van der Waals surface area contributed by atoms with Crippen molar-refractivity contribution in [1.82, 2.24) is 4.98 Å². The monoisotopic (exact) mass is 287 g/mol. The lowest BCUT2D eigenvalue weighted by atomic mass is 9.82. The molecule has 0 amide bonds.